The number of carbonyl (C=O) groups excluding carboxylic acids is 2. The summed E-state index contributed by atoms with van der Waals surface area (Å²) in [4.78, 5) is 43.4. The van der Waals surface area contributed by atoms with Crippen LogP contribution in [0.15, 0.2) is 48.5 Å². The third kappa shape index (κ3) is 3.29. The van der Waals surface area contributed by atoms with Crippen molar-refractivity contribution >= 4 is 11.9 Å². The van der Waals surface area contributed by atoms with Gasteiger partial charge in [0.1, 0.15) is 11.7 Å². The topological polar surface area (TPSA) is 128 Å². The molecule has 0 spiro atoms. The Morgan fingerprint density at radius 3 is 2.11 bits per heavy atom. The van der Waals surface area contributed by atoms with Gasteiger partial charge in [0, 0.05) is 24.8 Å². The van der Waals surface area contributed by atoms with E-state index in [1.807, 2.05) is 0 Å². The van der Waals surface area contributed by atoms with Crippen molar-refractivity contribution in [3.63, 3.8) is 0 Å². The summed E-state index contributed by atoms with van der Waals surface area (Å²) in [5.74, 6) is -3.16. The lowest BCUT2D eigenvalue weighted by molar-refractivity contribution is -0.149. The van der Waals surface area contributed by atoms with Crippen LogP contribution in [-0.2, 0) is 19.1 Å². The van der Waals surface area contributed by atoms with Crippen molar-refractivity contribution in [2.24, 2.45) is 5.92 Å². The zero-order chi connectivity index (χ0) is 20.3. The fraction of sp³-hybridized carbons (Fsp3) is 0.333. The molecule has 0 saturated heterocycles. The quantitative estimate of drug-likeness (QED) is 0.754. The number of esters is 2. The molecule has 28 heavy (non-hydrogen) atoms. The largest absolute Gasteiger partial charge is 0.511 e. The summed E-state index contributed by atoms with van der Waals surface area (Å²) in [5.41, 5.74) is 0.708. The molecule has 3 atom stereocenters. The molecule has 3 rings (SSSR count). The number of rotatable bonds is 4. The van der Waals surface area contributed by atoms with Crippen LogP contribution in [-0.4, -0.2) is 63.1 Å². The smallest absolute Gasteiger partial charge is 0.339 e. The molecule has 0 saturated carbocycles. The Morgan fingerprint density at radius 1 is 1.00 bits per heavy atom. The molecule has 146 valence electrons. The molecule has 1 N–H and O–H groups in total. The minimum absolute atomic E-state index is 0.110. The van der Waals surface area contributed by atoms with Crippen LogP contribution in [0, 0.1) is 5.92 Å². The maximum atomic E-state index is 12.5. The van der Waals surface area contributed by atoms with E-state index in [2.05, 4.69) is 19.9 Å². The standard InChI is InChI=1S/C18H19N5O5/c1-23-14(10-8-19-4-6-21-10)12(17(25)27-2)16(24)13(18(26)28-3)15(23)11-9-20-5-7-22-11/h4-9,12,14-15,24H,1-3H3/t12-,14-,15-/m0/s1. The predicted octanol–water partition coefficient (Wildman–Crippen LogP) is 0.769. The van der Waals surface area contributed by atoms with Gasteiger partial charge < -0.3 is 14.6 Å². The van der Waals surface area contributed by atoms with Gasteiger partial charge in [-0.2, -0.15) is 0 Å². The Morgan fingerprint density at radius 2 is 1.61 bits per heavy atom. The Labute approximate surface area is 160 Å². The molecule has 1 aliphatic heterocycles. The molecule has 2 aromatic rings. The second-order valence-electron chi connectivity index (χ2n) is 6.06. The van der Waals surface area contributed by atoms with E-state index in [4.69, 9.17) is 9.47 Å². The molecule has 0 unspecified atom stereocenters. The Kier molecular flexibility index (Phi) is 5.59. The van der Waals surface area contributed by atoms with Crippen molar-refractivity contribution in [3.05, 3.63) is 59.9 Å². The number of hydrogen-bond donors (Lipinski definition) is 1. The van der Waals surface area contributed by atoms with E-state index in [0.29, 0.717) is 11.4 Å². The Hall–Kier alpha value is -3.40. The van der Waals surface area contributed by atoms with Crippen LogP contribution in [0.3, 0.4) is 0 Å². The van der Waals surface area contributed by atoms with Crippen LogP contribution in [0.2, 0.25) is 0 Å². The van der Waals surface area contributed by atoms with Crippen molar-refractivity contribution in [2.45, 2.75) is 12.1 Å². The van der Waals surface area contributed by atoms with Crippen molar-refractivity contribution in [2.75, 3.05) is 21.3 Å². The van der Waals surface area contributed by atoms with Gasteiger partial charge in [-0.3, -0.25) is 29.6 Å². The third-order valence-corrected chi connectivity index (χ3v) is 4.62. The van der Waals surface area contributed by atoms with Gasteiger partial charge in [0.15, 0.2) is 0 Å². The first-order valence-electron chi connectivity index (χ1n) is 8.34. The van der Waals surface area contributed by atoms with Crippen LogP contribution in [0.4, 0.5) is 0 Å². The van der Waals surface area contributed by atoms with Gasteiger partial charge in [0.05, 0.1) is 55.7 Å². The molecule has 10 heteroatoms. The minimum atomic E-state index is -1.20. The number of aliphatic hydroxyl groups excluding tert-OH is 1. The van der Waals surface area contributed by atoms with E-state index in [1.54, 1.807) is 11.9 Å². The van der Waals surface area contributed by atoms with Crippen LogP contribution >= 0.6 is 0 Å². The van der Waals surface area contributed by atoms with E-state index in [-0.39, 0.29) is 5.57 Å². The molecule has 2 aromatic heterocycles. The lowest BCUT2D eigenvalue weighted by Gasteiger charge is -2.42. The summed E-state index contributed by atoms with van der Waals surface area (Å²) < 4.78 is 9.73. The van der Waals surface area contributed by atoms with Gasteiger partial charge >= 0.3 is 11.9 Å². The van der Waals surface area contributed by atoms with E-state index < -0.39 is 35.7 Å². The number of hydrogen-bond acceptors (Lipinski definition) is 10. The van der Waals surface area contributed by atoms with E-state index >= 15 is 0 Å². The number of methoxy groups -OCH3 is 2. The summed E-state index contributed by atoms with van der Waals surface area (Å²) in [5, 5.41) is 11.0. The van der Waals surface area contributed by atoms with E-state index in [1.165, 1.54) is 51.4 Å². The molecule has 1 aliphatic rings. The van der Waals surface area contributed by atoms with E-state index in [0.717, 1.165) is 0 Å². The third-order valence-electron chi connectivity index (χ3n) is 4.62. The summed E-state index contributed by atoms with van der Waals surface area (Å²) in [6.07, 6.45) is 8.90. The number of aliphatic hydroxyl groups is 1. The highest BCUT2D eigenvalue weighted by Crippen LogP contribution is 2.46. The minimum Gasteiger partial charge on any atom is -0.511 e. The zero-order valence-corrected chi connectivity index (χ0v) is 15.5. The second-order valence-corrected chi connectivity index (χ2v) is 6.06. The molecule has 10 nitrogen and oxygen atoms in total. The molecular weight excluding hydrogens is 366 g/mol. The lowest BCUT2D eigenvalue weighted by atomic mass is 9.82. The summed E-state index contributed by atoms with van der Waals surface area (Å²) in [7, 11) is 4.08. The SMILES string of the molecule is COC(=O)C1=C(O)[C@@H](C(=O)OC)[C@H](c2cnccn2)N(C)[C@H]1c1cnccn1. The maximum Gasteiger partial charge on any atom is 0.339 e. The molecule has 0 aromatic carbocycles. The van der Waals surface area contributed by atoms with Gasteiger partial charge in [0.25, 0.3) is 0 Å². The zero-order valence-electron chi connectivity index (χ0n) is 15.5. The number of aromatic nitrogens is 4. The molecule has 0 aliphatic carbocycles. The van der Waals surface area contributed by atoms with Crippen LogP contribution in [0.25, 0.3) is 0 Å². The average Bonchev–Trinajstić information content (AvgIpc) is 2.74. The van der Waals surface area contributed by atoms with Crippen molar-refractivity contribution in [3.8, 4) is 0 Å². The van der Waals surface area contributed by atoms with Crippen LogP contribution in [0.5, 0.6) is 0 Å². The highest BCUT2D eigenvalue weighted by Gasteiger charge is 2.50. The van der Waals surface area contributed by atoms with Gasteiger partial charge in [-0.05, 0) is 7.05 Å². The number of likely N-dealkylation sites (N-methyl/N-ethyl adjacent to an activating group) is 1. The molecule has 0 fully saturated rings. The first kappa shape index (κ1) is 19.4. The molecule has 0 amide bonds. The normalized spacial score (nSPS) is 22.6. The maximum absolute atomic E-state index is 12.5. The van der Waals surface area contributed by atoms with Gasteiger partial charge in [-0.15, -0.1) is 0 Å². The average molecular weight is 385 g/mol. The Balaban J connectivity index is 2.26. The first-order chi connectivity index (χ1) is 13.5. The van der Waals surface area contributed by atoms with Crippen molar-refractivity contribution < 1.29 is 24.2 Å². The van der Waals surface area contributed by atoms with Gasteiger partial charge in [0.2, 0.25) is 0 Å². The van der Waals surface area contributed by atoms with Crippen molar-refractivity contribution in [1.82, 2.24) is 24.8 Å². The highest BCUT2D eigenvalue weighted by molar-refractivity contribution is 5.92. The van der Waals surface area contributed by atoms with Crippen LogP contribution < -0.4 is 0 Å². The second kappa shape index (κ2) is 8.09. The van der Waals surface area contributed by atoms with Crippen molar-refractivity contribution in [1.29, 1.82) is 0 Å². The lowest BCUT2D eigenvalue weighted by Crippen LogP contribution is -2.46. The summed E-state index contributed by atoms with van der Waals surface area (Å²) in [6, 6.07) is -1.59. The van der Waals surface area contributed by atoms with Gasteiger partial charge in [-0.25, -0.2) is 4.79 Å². The number of ether oxygens (including phenoxy) is 2. The monoisotopic (exact) mass is 385 g/mol. The fourth-order valence-electron chi connectivity index (χ4n) is 3.40. The molecular formula is C18H19N5O5. The summed E-state index contributed by atoms with van der Waals surface area (Å²) >= 11 is 0. The summed E-state index contributed by atoms with van der Waals surface area (Å²) in [6.45, 7) is 0. The number of carbonyl (C=O) groups is 2. The molecule has 0 bridgehead atoms. The fourth-order valence-corrected chi connectivity index (χ4v) is 3.40. The first-order valence-corrected chi connectivity index (χ1v) is 8.34. The van der Waals surface area contributed by atoms with E-state index in [9.17, 15) is 14.7 Å². The number of nitrogens with zero attached hydrogens (tertiary/aromatic N) is 5. The predicted molar refractivity (Wildman–Crippen MR) is 94.5 cm³/mol. The van der Waals surface area contributed by atoms with Gasteiger partial charge in [-0.1, -0.05) is 0 Å². The van der Waals surface area contributed by atoms with Crippen LogP contribution in [0.1, 0.15) is 23.5 Å². The molecule has 3 heterocycles. The Bertz CT molecular complexity index is 890. The highest BCUT2D eigenvalue weighted by atomic mass is 16.5. The molecule has 0 radical (unpaired) electrons.